The molecule has 0 radical (unpaired) electrons. The molecule has 0 saturated carbocycles. The average molecular weight is 273 g/mol. The Labute approximate surface area is 117 Å². The highest BCUT2D eigenvalue weighted by Gasteiger charge is 2.02. The van der Waals surface area contributed by atoms with Gasteiger partial charge in [0, 0.05) is 19.0 Å². The summed E-state index contributed by atoms with van der Waals surface area (Å²) in [6.45, 7) is 2.57. The van der Waals surface area contributed by atoms with Crippen LogP contribution in [0.2, 0.25) is 5.15 Å². The van der Waals surface area contributed by atoms with Gasteiger partial charge in [-0.15, -0.1) is 0 Å². The molecule has 0 aliphatic carbocycles. The molecule has 1 aromatic heterocycles. The number of anilines is 1. The van der Waals surface area contributed by atoms with E-state index in [4.69, 9.17) is 16.9 Å². The largest absolute Gasteiger partial charge is 0.366 e. The van der Waals surface area contributed by atoms with Crippen molar-refractivity contribution in [3.05, 3.63) is 52.4 Å². The van der Waals surface area contributed by atoms with E-state index < -0.39 is 0 Å². The van der Waals surface area contributed by atoms with Crippen molar-refractivity contribution >= 4 is 17.4 Å². The smallest absolute Gasteiger partial charge is 0.134 e. The minimum atomic E-state index is 0.431. The topological polar surface area (TPSA) is 61.6 Å². The van der Waals surface area contributed by atoms with E-state index in [2.05, 4.69) is 21.4 Å². The van der Waals surface area contributed by atoms with E-state index in [1.807, 2.05) is 25.1 Å². The predicted molar refractivity (Wildman–Crippen MR) is 74.9 cm³/mol. The molecule has 0 amide bonds. The van der Waals surface area contributed by atoms with Crippen molar-refractivity contribution in [1.29, 1.82) is 5.26 Å². The lowest BCUT2D eigenvalue weighted by atomic mass is 10.1. The Morgan fingerprint density at radius 1 is 1.32 bits per heavy atom. The first-order valence-electron chi connectivity index (χ1n) is 5.97. The van der Waals surface area contributed by atoms with Crippen LogP contribution in [-0.2, 0) is 13.0 Å². The highest BCUT2D eigenvalue weighted by molar-refractivity contribution is 6.29. The summed E-state index contributed by atoms with van der Waals surface area (Å²) in [6, 6.07) is 11.2. The number of aryl methyl sites for hydroxylation is 1. The number of nitrogens with one attached hydrogen (secondary N) is 1. The molecule has 96 valence electrons. The molecule has 2 aromatic rings. The lowest BCUT2D eigenvalue weighted by molar-refractivity contribution is 0.933. The monoisotopic (exact) mass is 272 g/mol. The van der Waals surface area contributed by atoms with E-state index in [0.29, 0.717) is 28.9 Å². The minimum Gasteiger partial charge on any atom is -0.366 e. The van der Waals surface area contributed by atoms with Crippen LogP contribution in [0, 0.1) is 11.3 Å². The molecular weight excluding hydrogens is 260 g/mol. The SMILES string of the molecule is CCc1nc(Cl)cc(NCc2cccc(C#N)c2)n1. The molecule has 2 rings (SSSR count). The second-order valence-electron chi connectivity index (χ2n) is 4.01. The van der Waals surface area contributed by atoms with Gasteiger partial charge >= 0.3 is 0 Å². The van der Waals surface area contributed by atoms with E-state index in [9.17, 15) is 0 Å². The molecule has 0 unspecified atom stereocenters. The summed E-state index contributed by atoms with van der Waals surface area (Å²) in [6.07, 6.45) is 0.735. The summed E-state index contributed by atoms with van der Waals surface area (Å²) in [5.41, 5.74) is 1.67. The number of nitriles is 1. The molecule has 0 fully saturated rings. The highest BCUT2D eigenvalue weighted by Crippen LogP contribution is 2.13. The van der Waals surface area contributed by atoms with Crippen LogP contribution in [0.25, 0.3) is 0 Å². The summed E-state index contributed by atoms with van der Waals surface area (Å²) in [5, 5.41) is 12.5. The first-order chi connectivity index (χ1) is 9.21. The predicted octanol–water partition coefficient (Wildman–Crippen LogP) is 3.18. The summed E-state index contributed by atoms with van der Waals surface area (Å²) < 4.78 is 0. The molecule has 0 saturated heterocycles. The third-order valence-corrected chi connectivity index (χ3v) is 2.78. The lowest BCUT2D eigenvalue weighted by Crippen LogP contribution is -2.04. The molecule has 0 spiro atoms. The molecular formula is C14H13ClN4. The standard InChI is InChI=1S/C14H13ClN4/c1-2-13-18-12(15)7-14(19-13)17-9-11-5-3-4-10(6-11)8-16/h3-7H,2,9H2,1H3,(H,17,18,19). The van der Waals surface area contributed by atoms with Crippen LogP contribution in [0.1, 0.15) is 23.9 Å². The Kier molecular flexibility index (Phi) is 4.32. The fourth-order valence-electron chi connectivity index (χ4n) is 1.66. The third kappa shape index (κ3) is 3.67. The molecule has 0 atom stereocenters. The maximum atomic E-state index is 8.84. The number of benzene rings is 1. The number of aromatic nitrogens is 2. The maximum Gasteiger partial charge on any atom is 0.134 e. The zero-order chi connectivity index (χ0) is 13.7. The molecule has 4 nitrogen and oxygen atoms in total. The summed E-state index contributed by atoms with van der Waals surface area (Å²) in [5.74, 6) is 1.40. The van der Waals surface area contributed by atoms with Crippen molar-refractivity contribution < 1.29 is 0 Å². The van der Waals surface area contributed by atoms with Crippen LogP contribution in [0.15, 0.2) is 30.3 Å². The maximum absolute atomic E-state index is 8.84. The van der Waals surface area contributed by atoms with Crippen molar-refractivity contribution in [2.75, 3.05) is 5.32 Å². The van der Waals surface area contributed by atoms with Gasteiger partial charge in [0.15, 0.2) is 0 Å². The number of halogens is 1. The first-order valence-corrected chi connectivity index (χ1v) is 6.35. The fraction of sp³-hybridized carbons (Fsp3) is 0.214. The van der Waals surface area contributed by atoms with E-state index in [0.717, 1.165) is 12.0 Å². The molecule has 1 aromatic carbocycles. The average Bonchev–Trinajstić information content (AvgIpc) is 2.44. The van der Waals surface area contributed by atoms with Crippen LogP contribution in [0.3, 0.4) is 0 Å². The van der Waals surface area contributed by atoms with Crippen molar-refractivity contribution in [3.63, 3.8) is 0 Å². The Morgan fingerprint density at radius 2 is 2.16 bits per heavy atom. The van der Waals surface area contributed by atoms with E-state index >= 15 is 0 Å². The van der Waals surface area contributed by atoms with Crippen LogP contribution in [0.4, 0.5) is 5.82 Å². The molecule has 19 heavy (non-hydrogen) atoms. The van der Waals surface area contributed by atoms with Gasteiger partial charge in [-0.2, -0.15) is 5.26 Å². The summed E-state index contributed by atoms with van der Waals surface area (Å²) >= 11 is 5.92. The van der Waals surface area contributed by atoms with Crippen molar-refractivity contribution in [2.24, 2.45) is 0 Å². The van der Waals surface area contributed by atoms with E-state index in [-0.39, 0.29) is 0 Å². The van der Waals surface area contributed by atoms with Crippen LogP contribution >= 0.6 is 11.6 Å². The van der Waals surface area contributed by atoms with E-state index in [1.54, 1.807) is 12.1 Å². The van der Waals surface area contributed by atoms with E-state index in [1.165, 1.54) is 0 Å². The number of nitrogens with zero attached hydrogens (tertiary/aromatic N) is 3. The molecule has 1 N–H and O–H groups in total. The second-order valence-corrected chi connectivity index (χ2v) is 4.40. The van der Waals surface area contributed by atoms with Gasteiger partial charge in [-0.1, -0.05) is 30.7 Å². The Balaban J connectivity index is 2.10. The summed E-state index contributed by atoms with van der Waals surface area (Å²) in [7, 11) is 0. The molecule has 0 aliphatic rings. The normalized spacial score (nSPS) is 9.95. The van der Waals surface area contributed by atoms with Crippen molar-refractivity contribution in [3.8, 4) is 6.07 Å². The van der Waals surface area contributed by atoms with Crippen LogP contribution in [-0.4, -0.2) is 9.97 Å². The van der Waals surface area contributed by atoms with Crippen LogP contribution < -0.4 is 5.32 Å². The quantitative estimate of drug-likeness (QED) is 0.869. The highest BCUT2D eigenvalue weighted by atomic mass is 35.5. The van der Waals surface area contributed by atoms with Gasteiger partial charge in [-0.3, -0.25) is 0 Å². The van der Waals surface area contributed by atoms with Gasteiger partial charge < -0.3 is 5.32 Å². The van der Waals surface area contributed by atoms with Crippen LogP contribution in [0.5, 0.6) is 0 Å². The van der Waals surface area contributed by atoms with Crippen molar-refractivity contribution in [2.45, 2.75) is 19.9 Å². The number of hydrogen-bond donors (Lipinski definition) is 1. The summed E-state index contributed by atoms with van der Waals surface area (Å²) in [4.78, 5) is 8.44. The lowest BCUT2D eigenvalue weighted by Gasteiger charge is -2.07. The van der Waals surface area contributed by atoms with Crippen molar-refractivity contribution in [1.82, 2.24) is 9.97 Å². The second kappa shape index (κ2) is 6.17. The van der Waals surface area contributed by atoms with Gasteiger partial charge in [0.05, 0.1) is 11.6 Å². The first kappa shape index (κ1) is 13.3. The Morgan fingerprint density at radius 3 is 2.89 bits per heavy atom. The van der Waals surface area contributed by atoms with Gasteiger partial charge in [-0.25, -0.2) is 9.97 Å². The molecule has 0 bridgehead atoms. The number of hydrogen-bond acceptors (Lipinski definition) is 4. The zero-order valence-electron chi connectivity index (χ0n) is 10.5. The van der Waals surface area contributed by atoms with Gasteiger partial charge in [0.1, 0.15) is 16.8 Å². The minimum absolute atomic E-state index is 0.431. The molecule has 1 heterocycles. The number of rotatable bonds is 4. The van der Waals surface area contributed by atoms with Gasteiger partial charge in [0.25, 0.3) is 0 Å². The fourth-order valence-corrected chi connectivity index (χ4v) is 1.86. The van der Waals surface area contributed by atoms with Gasteiger partial charge in [0.2, 0.25) is 0 Å². The third-order valence-electron chi connectivity index (χ3n) is 2.59. The Hall–Kier alpha value is -2.12. The zero-order valence-corrected chi connectivity index (χ0v) is 11.3. The molecule has 0 aliphatic heterocycles. The van der Waals surface area contributed by atoms with Gasteiger partial charge in [-0.05, 0) is 17.7 Å². The Bertz CT molecular complexity index is 619. The molecule has 5 heteroatoms.